The van der Waals surface area contributed by atoms with Crippen molar-refractivity contribution in [1.82, 2.24) is 10.2 Å². The first-order valence-electron chi connectivity index (χ1n) is 8.94. The maximum atomic E-state index is 13.0. The van der Waals surface area contributed by atoms with E-state index < -0.39 is 5.60 Å². The molecule has 2 rings (SSSR count). The number of nitrogens with zero attached hydrogens (tertiary/aromatic N) is 1. The molecular weight excluding hydrogens is 300 g/mol. The smallest absolute Gasteiger partial charge is 0.324 e. The van der Waals surface area contributed by atoms with Crippen LogP contribution >= 0.6 is 0 Å². The van der Waals surface area contributed by atoms with E-state index in [1.165, 1.54) is 11.1 Å². The Labute approximate surface area is 146 Å². The van der Waals surface area contributed by atoms with Gasteiger partial charge in [0.25, 0.3) is 0 Å². The number of nitrogens with one attached hydrogen (secondary N) is 1. The zero-order valence-corrected chi connectivity index (χ0v) is 15.9. The molecule has 1 aromatic rings. The lowest BCUT2D eigenvalue weighted by molar-refractivity contribution is -0.162. The van der Waals surface area contributed by atoms with Crippen molar-refractivity contribution < 1.29 is 9.53 Å². The van der Waals surface area contributed by atoms with Gasteiger partial charge in [-0.3, -0.25) is 9.69 Å². The second-order valence-electron chi connectivity index (χ2n) is 8.03. The number of esters is 1. The van der Waals surface area contributed by atoms with Gasteiger partial charge in [0.1, 0.15) is 11.6 Å². The Morgan fingerprint density at radius 1 is 1.29 bits per heavy atom. The molecule has 3 atom stereocenters. The molecule has 0 aliphatic carbocycles. The average Bonchev–Trinajstić information content (AvgIpc) is 2.46. The molecule has 4 nitrogen and oxygen atoms in total. The topological polar surface area (TPSA) is 41.6 Å². The van der Waals surface area contributed by atoms with Crippen molar-refractivity contribution in [2.75, 3.05) is 19.6 Å². The summed E-state index contributed by atoms with van der Waals surface area (Å²) in [4.78, 5) is 15.2. The molecule has 0 radical (unpaired) electrons. The van der Waals surface area contributed by atoms with Gasteiger partial charge in [0.15, 0.2) is 0 Å². The largest absolute Gasteiger partial charge is 0.459 e. The summed E-state index contributed by atoms with van der Waals surface area (Å²) < 4.78 is 5.75. The lowest BCUT2D eigenvalue weighted by atomic mass is 9.90. The molecule has 1 aliphatic rings. The first-order valence-corrected chi connectivity index (χ1v) is 8.94. The third-order valence-corrected chi connectivity index (χ3v) is 4.52. The highest BCUT2D eigenvalue weighted by atomic mass is 16.6. The number of carbonyl (C=O) groups is 1. The van der Waals surface area contributed by atoms with Gasteiger partial charge in [-0.25, -0.2) is 0 Å². The zero-order valence-electron chi connectivity index (χ0n) is 15.9. The van der Waals surface area contributed by atoms with Crippen LogP contribution in [0.2, 0.25) is 0 Å². The third-order valence-electron chi connectivity index (χ3n) is 4.52. The summed E-state index contributed by atoms with van der Waals surface area (Å²) >= 11 is 0. The van der Waals surface area contributed by atoms with E-state index in [2.05, 4.69) is 55.3 Å². The molecule has 1 saturated heterocycles. The Morgan fingerprint density at radius 3 is 2.46 bits per heavy atom. The molecule has 0 amide bonds. The number of hydrogen-bond donors (Lipinski definition) is 1. The van der Waals surface area contributed by atoms with E-state index in [-0.39, 0.29) is 17.9 Å². The Hall–Kier alpha value is -1.39. The summed E-state index contributed by atoms with van der Waals surface area (Å²) in [6.07, 6.45) is 0. The summed E-state index contributed by atoms with van der Waals surface area (Å²) in [5, 5.41) is 3.45. The van der Waals surface area contributed by atoms with Crippen molar-refractivity contribution in [3.63, 3.8) is 0 Å². The van der Waals surface area contributed by atoms with Gasteiger partial charge in [-0.1, -0.05) is 36.8 Å². The summed E-state index contributed by atoms with van der Waals surface area (Å²) in [7, 11) is 0. The van der Waals surface area contributed by atoms with Crippen molar-refractivity contribution in [3.8, 4) is 0 Å². The van der Waals surface area contributed by atoms with Crippen molar-refractivity contribution in [2.45, 2.75) is 65.1 Å². The molecule has 4 heteroatoms. The summed E-state index contributed by atoms with van der Waals surface area (Å²) in [6.45, 7) is 14.8. The molecule has 0 aromatic heterocycles. The van der Waals surface area contributed by atoms with E-state index in [1.54, 1.807) is 0 Å². The summed E-state index contributed by atoms with van der Waals surface area (Å²) in [5.41, 5.74) is 1.94. The predicted molar refractivity (Wildman–Crippen MR) is 98.3 cm³/mol. The third kappa shape index (κ3) is 5.05. The van der Waals surface area contributed by atoms with Crippen molar-refractivity contribution in [1.29, 1.82) is 0 Å². The Balaban J connectivity index is 2.27. The number of piperazine rings is 1. The standard InChI is InChI=1S/C20H32N2O2/c1-14-7-9-17(10-8-14)16(3)18(19(23)24-20(4,5)6)22-12-11-21-15(2)13-22/h7-10,15-16,18,21H,11-13H2,1-6H3/t15-,16?,18-/m0/s1. The number of benzene rings is 1. The molecule has 1 aliphatic heterocycles. The molecule has 0 spiro atoms. The van der Waals surface area contributed by atoms with Gasteiger partial charge in [0, 0.05) is 31.6 Å². The van der Waals surface area contributed by atoms with Crippen LogP contribution in [0.3, 0.4) is 0 Å². The molecule has 24 heavy (non-hydrogen) atoms. The van der Waals surface area contributed by atoms with Crippen LogP contribution in [-0.4, -0.2) is 48.2 Å². The van der Waals surface area contributed by atoms with Crippen molar-refractivity contribution >= 4 is 5.97 Å². The van der Waals surface area contributed by atoms with Crippen LogP contribution in [0, 0.1) is 6.92 Å². The molecule has 0 saturated carbocycles. The number of ether oxygens (including phenoxy) is 1. The van der Waals surface area contributed by atoms with Crippen LogP contribution < -0.4 is 5.32 Å². The highest BCUT2D eigenvalue weighted by molar-refractivity contribution is 5.77. The van der Waals surface area contributed by atoms with Gasteiger partial charge in [0.05, 0.1) is 0 Å². The monoisotopic (exact) mass is 332 g/mol. The minimum absolute atomic E-state index is 0.0887. The summed E-state index contributed by atoms with van der Waals surface area (Å²) in [5.74, 6) is -0.0320. The van der Waals surface area contributed by atoms with Crippen LogP contribution in [0.15, 0.2) is 24.3 Å². The fraction of sp³-hybridized carbons (Fsp3) is 0.650. The molecule has 0 bridgehead atoms. The van der Waals surface area contributed by atoms with Gasteiger partial charge in [-0.05, 0) is 40.2 Å². The number of rotatable bonds is 4. The molecule has 1 N–H and O–H groups in total. The minimum atomic E-state index is -0.470. The normalized spacial score (nSPS) is 22.0. The second kappa shape index (κ2) is 7.66. The fourth-order valence-electron chi connectivity index (χ4n) is 3.30. The van der Waals surface area contributed by atoms with Crippen molar-refractivity contribution in [3.05, 3.63) is 35.4 Å². The predicted octanol–water partition coefficient (Wildman–Crippen LogP) is 3.10. The average molecular weight is 332 g/mol. The number of aryl methyl sites for hydroxylation is 1. The van der Waals surface area contributed by atoms with Gasteiger partial charge < -0.3 is 10.1 Å². The van der Waals surface area contributed by atoms with Crippen LogP contribution in [-0.2, 0) is 9.53 Å². The molecule has 1 fully saturated rings. The van der Waals surface area contributed by atoms with E-state index >= 15 is 0 Å². The molecule has 1 unspecified atom stereocenters. The molecule has 134 valence electrons. The first kappa shape index (κ1) is 18.9. The van der Waals surface area contributed by atoms with E-state index in [0.717, 1.165) is 19.6 Å². The molecular formula is C20H32N2O2. The Kier molecular flexibility index (Phi) is 6.05. The Bertz CT molecular complexity index is 548. The zero-order chi connectivity index (χ0) is 17.9. The quantitative estimate of drug-likeness (QED) is 0.860. The van der Waals surface area contributed by atoms with Gasteiger partial charge in [-0.2, -0.15) is 0 Å². The minimum Gasteiger partial charge on any atom is -0.459 e. The second-order valence-corrected chi connectivity index (χ2v) is 8.03. The van der Waals surface area contributed by atoms with E-state index in [9.17, 15) is 4.79 Å². The fourth-order valence-corrected chi connectivity index (χ4v) is 3.30. The Morgan fingerprint density at radius 2 is 1.92 bits per heavy atom. The maximum Gasteiger partial charge on any atom is 0.324 e. The van der Waals surface area contributed by atoms with Crippen LogP contribution in [0.4, 0.5) is 0 Å². The number of hydrogen-bond acceptors (Lipinski definition) is 4. The molecule has 1 heterocycles. The van der Waals surface area contributed by atoms with Crippen molar-refractivity contribution in [2.24, 2.45) is 0 Å². The SMILES string of the molecule is Cc1ccc(C(C)[C@@H](C(=O)OC(C)(C)C)N2CCN[C@@H](C)C2)cc1. The summed E-state index contributed by atoms with van der Waals surface area (Å²) in [6, 6.07) is 8.60. The van der Waals surface area contributed by atoms with Crippen LogP contribution in [0.1, 0.15) is 51.7 Å². The highest BCUT2D eigenvalue weighted by Crippen LogP contribution is 2.27. The van der Waals surface area contributed by atoms with E-state index in [4.69, 9.17) is 4.74 Å². The van der Waals surface area contributed by atoms with Gasteiger partial charge >= 0.3 is 5.97 Å². The van der Waals surface area contributed by atoms with E-state index in [0.29, 0.717) is 6.04 Å². The lowest BCUT2D eigenvalue weighted by Gasteiger charge is -2.40. The molecule has 1 aromatic carbocycles. The van der Waals surface area contributed by atoms with Crippen LogP contribution in [0.5, 0.6) is 0 Å². The number of carbonyl (C=O) groups excluding carboxylic acids is 1. The first-order chi connectivity index (χ1) is 11.2. The lowest BCUT2D eigenvalue weighted by Crippen LogP contribution is -2.57. The van der Waals surface area contributed by atoms with Gasteiger partial charge in [-0.15, -0.1) is 0 Å². The maximum absolute atomic E-state index is 13.0. The van der Waals surface area contributed by atoms with Gasteiger partial charge in [0.2, 0.25) is 0 Å². The van der Waals surface area contributed by atoms with Crippen LogP contribution in [0.25, 0.3) is 0 Å². The van der Waals surface area contributed by atoms with E-state index in [1.807, 2.05) is 20.8 Å². The highest BCUT2D eigenvalue weighted by Gasteiger charge is 2.37.